The molecule has 0 saturated heterocycles. The summed E-state index contributed by atoms with van der Waals surface area (Å²) in [5, 5.41) is 0. The predicted molar refractivity (Wildman–Crippen MR) is 107 cm³/mol. The van der Waals surface area contributed by atoms with Gasteiger partial charge in [0.15, 0.2) is 0 Å². The van der Waals surface area contributed by atoms with Gasteiger partial charge in [-0.1, -0.05) is 42.3 Å². The molecule has 0 heterocycles. The second kappa shape index (κ2) is 7.32. The van der Waals surface area contributed by atoms with E-state index in [0.29, 0.717) is 16.9 Å². The first-order valence-corrected chi connectivity index (χ1v) is 8.61. The molecule has 0 aliphatic rings. The quantitative estimate of drug-likeness (QED) is 0.376. The molecule has 0 atom stereocenters. The molecule has 3 aromatic rings. The van der Waals surface area contributed by atoms with Crippen molar-refractivity contribution in [3.63, 3.8) is 0 Å². The van der Waals surface area contributed by atoms with Gasteiger partial charge < -0.3 is 11.5 Å². The van der Waals surface area contributed by atoms with Crippen LogP contribution >= 0.6 is 0 Å². The van der Waals surface area contributed by atoms with Gasteiger partial charge in [-0.3, -0.25) is 0 Å². The molecule has 0 saturated carbocycles. The van der Waals surface area contributed by atoms with Gasteiger partial charge in [0, 0.05) is 16.9 Å². The van der Waals surface area contributed by atoms with Gasteiger partial charge in [-0.15, -0.1) is 5.92 Å². The summed E-state index contributed by atoms with van der Waals surface area (Å²) < 4.78 is 44.4. The lowest BCUT2D eigenvalue weighted by molar-refractivity contribution is -0.166. The highest BCUT2D eigenvalue weighted by molar-refractivity contribution is 5.57. The maximum Gasteiger partial charge on any atom is 0.406 e. The molecule has 0 aliphatic carbocycles. The lowest BCUT2D eigenvalue weighted by atomic mass is 9.68. The third kappa shape index (κ3) is 3.29. The van der Waals surface area contributed by atoms with Crippen molar-refractivity contribution in [1.29, 1.82) is 0 Å². The van der Waals surface area contributed by atoms with E-state index in [1.807, 2.05) is 0 Å². The number of alkyl halides is 3. The van der Waals surface area contributed by atoms with Crippen molar-refractivity contribution < 1.29 is 13.2 Å². The third-order valence-corrected chi connectivity index (χ3v) is 4.70. The van der Waals surface area contributed by atoms with Crippen LogP contribution in [0, 0.1) is 11.8 Å². The van der Waals surface area contributed by atoms with Crippen LogP contribution < -0.4 is 11.5 Å². The zero-order valence-electron chi connectivity index (χ0n) is 15.2. The van der Waals surface area contributed by atoms with Crippen LogP contribution in [0.1, 0.15) is 29.2 Å². The van der Waals surface area contributed by atoms with Crippen LogP contribution in [0.25, 0.3) is 0 Å². The molecule has 0 unspecified atom stereocenters. The minimum atomic E-state index is -4.61. The predicted octanol–water partition coefficient (Wildman–Crippen LogP) is 5.12. The first-order valence-electron chi connectivity index (χ1n) is 8.61. The van der Waals surface area contributed by atoms with Crippen molar-refractivity contribution in [2.24, 2.45) is 0 Å². The summed E-state index contributed by atoms with van der Waals surface area (Å²) in [7, 11) is 0. The number of hydrogen-bond acceptors (Lipinski definition) is 2. The summed E-state index contributed by atoms with van der Waals surface area (Å²) in [6.07, 6.45) is -4.61. The highest BCUT2D eigenvalue weighted by atomic mass is 19.4. The Hall–Kier alpha value is -3.39. The molecule has 0 radical (unpaired) electrons. The van der Waals surface area contributed by atoms with E-state index < -0.39 is 11.6 Å². The minimum absolute atomic E-state index is 0.0771. The number of benzene rings is 3. The Morgan fingerprint density at radius 3 is 1.32 bits per heavy atom. The highest BCUT2D eigenvalue weighted by Gasteiger charge is 2.58. The molecule has 0 amide bonds. The Morgan fingerprint density at radius 1 is 0.643 bits per heavy atom. The summed E-state index contributed by atoms with van der Waals surface area (Å²) in [6.45, 7) is 1.68. The monoisotopic (exact) mass is 380 g/mol. The van der Waals surface area contributed by atoms with Gasteiger partial charge >= 0.3 is 6.18 Å². The first kappa shape index (κ1) is 19.4. The number of halogens is 3. The number of hydrogen-bond donors (Lipinski definition) is 2. The molecular formula is C23H19F3N2. The molecule has 4 N–H and O–H groups in total. The van der Waals surface area contributed by atoms with Crippen LogP contribution in [0.3, 0.4) is 0 Å². The van der Waals surface area contributed by atoms with Crippen LogP contribution in [-0.4, -0.2) is 6.18 Å². The summed E-state index contributed by atoms with van der Waals surface area (Å²) in [5.74, 6) is 5.60. The highest BCUT2D eigenvalue weighted by Crippen LogP contribution is 2.51. The molecule has 3 rings (SSSR count). The van der Waals surface area contributed by atoms with Crippen LogP contribution in [0.15, 0.2) is 72.8 Å². The summed E-state index contributed by atoms with van der Waals surface area (Å²) in [6, 6.07) is 17.7. The smallest absolute Gasteiger partial charge is 0.399 e. The van der Waals surface area contributed by atoms with Crippen LogP contribution in [0.2, 0.25) is 0 Å². The lowest BCUT2D eigenvalue weighted by Gasteiger charge is -2.37. The van der Waals surface area contributed by atoms with E-state index in [4.69, 9.17) is 11.5 Å². The molecule has 142 valence electrons. The molecule has 0 aromatic heterocycles. The third-order valence-electron chi connectivity index (χ3n) is 4.70. The van der Waals surface area contributed by atoms with Crippen LogP contribution in [0.4, 0.5) is 24.5 Å². The van der Waals surface area contributed by atoms with E-state index in [1.165, 1.54) is 60.7 Å². The van der Waals surface area contributed by atoms with E-state index in [2.05, 4.69) is 11.8 Å². The van der Waals surface area contributed by atoms with E-state index >= 15 is 0 Å². The Morgan fingerprint density at radius 2 is 1.00 bits per heavy atom. The van der Waals surface area contributed by atoms with Gasteiger partial charge in [0.2, 0.25) is 0 Å². The molecule has 28 heavy (non-hydrogen) atoms. The summed E-state index contributed by atoms with van der Waals surface area (Å²) in [4.78, 5) is 0. The number of nitrogen functional groups attached to an aromatic ring is 2. The fraction of sp³-hybridized carbons (Fsp3) is 0.130. The van der Waals surface area contributed by atoms with Gasteiger partial charge in [-0.2, -0.15) is 13.2 Å². The van der Waals surface area contributed by atoms with Gasteiger partial charge in [0.05, 0.1) is 0 Å². The second-order valence-corrected chi connectivity index (χ2v) is 6.44. The van der Waals surface area contributed by atoms with Gasteiger partial charge in [-0.25, -0.2) is 0 Å². The number of rotatable bonds is 3. The van der Waals surface area contributed by atoms with Crippen molar-refractivity contribution >= 4 is 11.4 Å². The van der Waals surface area contributed by atoms with Gasteiger partial charge in [0.1, 0.15) is 5.41 Å². The molecular weight excluding hydrogens is 361 g/mol. The van der Waals surface area contributed by atoms with Crippen LogP contribution in [-0.2, 0) is 5.41 Å². The number of anilines is 2. The van der Waals surface area contributed by atoms with Crippen molar-refractivity contribution in [3.05, 3.63) is 95.1 Å². The fourth-order valence-electron chi connectivity index (χ4n) is 3.41. The average Bonchev–Trinajstić information content (AvgIpc) is 2.65. The average molecular weight is 380 g/mol. The second-order valence-electron chi connectivity index (χ2n) is 6.44. The molecule has 5 heteroatoms. The minimum Gasteiger partial charge on any atom is -0.399 e. The molecule has 2 nitrogen and oxygen atoms in total. The molecule has 3 aromatic carbocycles. The van der Waals surface area contributed by atoms with E-state index in [9.17, 15) is 13.2 Å². The first-order chi connectivity index (χ1) is 13.3. The molecule has 0 bridgehead atoms. The molecule has 0 spiro atoms. The number of nitrogens with two attached hydrogens (primary N) is 2. The summed E-state index contributed by atoms with van der Waals surface area (Å²) in [5.41, 5.74) is 10.8. The normalized spacial score (nSPS) is 11.6. The molecule has 0 fully saturated rings. The SMILES string of the molecule is CC#Cc1ccc(C(c2ccc(N)cc2)(c2ccc(N)cc2)C(F)(F)F)cc1. The van der Waals surface area contributed by atoms with Crippen LogP contribution in [0.5, 0.6) is 0 Å². The van der Waals surface area contributed by atoms with Crippen molar-refractivity contribution in [3.8, 4) is 11.8 Å². The van der Waals surface area contributed by atoms with E-state index in [-0.39, 0.29) is 16.7 Å². The zero-order chi connectivity index (χ0) is 20.4. The van der Waals surface area contributed by atoms with Crippen molar-refractivity contribution in [2.45, 2.75) is 18.5 Å². The largest absolute Gasteiger partial charge is 0.406 e. The Balaban J connectivity index is 2.37. The van der Waals surface area contributed by atoms with E-state index in [0.717, 1.165) is 0 Å². The van der Waals surface area contributed by atoms with Gasteiger partial charge in [-0.05, 0) is 60.0 Å². The van der Waals surface area contributed by atoms with Crippen molar-refractivity contribution in [2.75, 3.05) is 11.5 Å². The fourth-order valence-corrected chi connectivity index (χ4v) is 3.41. The standard InChI is InChI=1S/C23H19F3N2/c1-2-3-16-4-6-17(7-5-16)22(23(24,25)26,18-8-12-20(27)13-9-18)19-10-14-21(28)15-11-19/h4-15H,27-28H2,1H3. The zero-order valence-corrected chi connectivity index (χ0v) is 15.2. The Bertz CT molecular complexity index is 962. The van der Waals surface area contributed by atoms with E-state index in [1.54, 1.807) is 19.1 Å². The Labute approximate surface area is 162 Å². The lowest BCUT2D eigenvalue weighted by Crippen LogP contribution is -2.44. The van der Waals surface area contributed by atoms with Crippen molar-refractivity contribution in [1.82, 2.24) is 0 Å². The maximum absolute atomic E-state index is 14.8. The topological polar surface area (TPSA) is 52.0 Å². The molecule has 0 aliphatic heterocycles. The summed E-state index contributed by atoms with van der Waals surface area (Å²) >= 11 is 0. The Kier molecular flexibility index (Phi) is 5.06. The maximum atomic E-state index is 14.8. The van der Waals surface area contributed by atoms with Gasteiger partial charge in [0.25, 0.3) is 0 Å².